The number of benzene rings is 1. The van der Waals surface area contributed by atoms with E-state index in [4.69, 9.17) is 0 Å². The number of aliphatic hydroxyl groups is 1. The fourth-order valence-corrected chi connectivity index (χ4v) is 4.14. The Kier molecular flexibility index (Phi) is 6.09. The summed E-state index contributed by atoms with van der Waals surface area (Å²) in [5.74, 6) is 0. The number of piperidine rings is 2. The molecule has 0 radical (unpaired) electrons. The van der Waals surface area contributed by atoms with Gasteiger partial charge in [0.15, 0.2) is 0 Å². The zero-order valence-electron chi connectivity index (χ0n) is 14.4. The average Bonchev–Trinajstić information content (AvgIpc) is 2.63. The number of hydrogen-bond acceptors (Lipinski definition) is 3. The summed E-state index contributed by atoms with van der Waals surface area (Å²) in [4.78, 5) is 5.23. The lowest BCUT2D eigenvalue weighted by atomic mass is 9.74. The maximum absolute atomic E-state index is 10.00. The second-order valence-electron chi connectivity index (χ2n) is 7.56. The van der Waals surface area contributed by atoms with Gasteiger partial charge in [-0.25, -0.2) is 0 Å². The third kappa shape index (κ3) is 4.79. The first-order valence-electron chi connectivity index (χ1n) is 9.39. The standard InChI is InChI=1S/C20H32N2O/c23-18-20(17-19-7-3-1-4-8-19)9-13-22(14-10-20)16-15-21-11-5-2-6-12-21/h1,3-4,7-8,23H,2,5-6,9-18H2. The summed E-state index contributed by atoms with van der Waals surface area (Å²) in [6, 6.07) is 10.7. The zero-order valence-corrected chi connectivity index (χ0v) is 14.4. The van der Waals surface area contributed by atoms with Crippen LogP contribution in [0.3, 0.4) is 0 Å². The lowest BCUT2D eigenvalue weighted by Crippen LogP contribution is -2.46. The number of hydrogen-bond donors (Lipinski definition) is 1. The van der Waals surface area contributed by atoms with Gasteiger partial charge in [0.2, 0.25) is 0 Å². The van der Waals surface area contributed by atoms with Crippen molar-refractivity contribution in [1.29, 1.82) is 0 Å². The molecule has 23 heavy (non-hydrogen) atoms. The van der Waals surface area contributed by atoms with Gasteiger partial charge in [-0.15, -0.1) is 0 Å². The highest BCUT2D eigenvalue weighted by Gasteiger charge is 2.34. The molecule has 0 atom stereocenters. The van der Waals surface area contributed by atoms with E-state index in [1.807, 2.05) is 0 Å². The molecule has 0 aliphatic carbocycles. The van der Waals surface area contributed by atoms with Gasteiger partial charge in [0, 0.05) is 19.7 Å². The van der Waals surface area contributed by atoms with Gasteiger partial charge in [0.1, 0.15) is 0 Å². The van der Waals surface area contributed by atoms with Crippen LogP contribution in [0, 0.1) is 5.41 Å². The van der Waals surface area contributed by atoms with Crippen LogP contribution in [-0.4, -0.2) is 60.8 Å². The minimum atomic E-state index is 0.100. The largest absolute Gasteiger partial charge is 0.396 e. The third-order valence-corrected chi connectivity index (χ3v) is 5.86. The van der Waals surface area contributed by atoms with Gasteiger partial charge in [-0.05, 0) is 69.3 Å². The minimum Gasteiger partial charge on any atom is -0.396 e. The van der Waals surface area contributed by atoms with Crippen molar-refractivity contribution in [3.63, 3.8) is 0 Å². The van der Waals surface area contributed by atoms with Crippen LogP contribution >= 0.6 is 0 Å². The maximum atomic E-state index is 10.00. The highest BCUT2D eigenvalue weighted by atomic mass is 16.3. The third-order valence-electron chi connectivity index (χ3n) is 5.86. The van der Waals surface area contributed by atoms with Gasteiger partial charge in [-0.1, -0.05) is 36.8 Å². The summed E-state index contributed by atoms with van der Waals surface area (Å²) in [5, 5.41) is 10.00. The summed E-state index contributed by atoms with van der Waals surface area (Å²) in [5.41, 5.74) is 1.46. The molecule has 3 rings (SSSR count). The molecule has 0 saturated carbocycles. The fourth-order valence-electron chi connectivity index (χ4n) is 4.14. The number of likely N-dealkylation sites (tertiary alicyclic amines) is 2. The summed E-state index contributed by atoms with van der Waals surface area (Å²) in [6.07, 6.45) is 7.44. The predicted octanol–water partition coefficient (Wildman–Crippen LogP) is 2.79. The number of aliphatic hydroxyl groups excluding tert-OH is 1. The quantitative estimate of drug-likeness (QED) is 0.874. The molecule has 3 heteroatoms. The van der Waals surface area contributed by atoms with Gasteiger partial charge >= 0.3 is 0 Å². The monoisotopic (exact) mass is 316 g/mol. The van der Waals surface area contributed by atoms with Gasteiger partial charge in [-0.3, -0.25) is 0 Å². The van der Waals surface area contributed by atoms with E-state index in [1.165, 1.54) is 51.0 Å². The van der Waals surface area contributed by atoms with Crippen LogP contribution in [0.1, 0.15) is 37.7 Å². The molecule has 2 aliphatic heterocycles. The summed E-state index contributed by atoms with van der Waals surface area (Å²) < 4.78 is 0. The van der Waals surface area contributed by atoms with E-state index in [2.05, 4.69) is 40.1 Å². The lowest BCUT2D eigenvalue weighted by molar-refractivity contribution is 0.0397. The SMILES string of the molecule is OCC1(Cc2ccccc2)CCN(CCN2CCCCC2)CC1. The topological polar surface area (TPSA) is 26.7 Å². The number of rotatable bonds is 6. The molecule has 3 nitrogen and oxygen atoms in total. The fraction of sp³-hybridized carbons (Fsp3) is 0.700. The van der Waals surface area contributed by atoms with Crippen molar-refractivity contribution in [2.45, 2.75) is 38.5 Å². The Morgan fingerprint density at radius 3 is 2.04 bits per heavy atom. The first-order chi connectivity index (χ1) is 11.3. The van der Waals surface area contributed by atoms with Crippen molar-refractivity contribution in [2.75, 3.05) is 45.9 Å². The number of nitrogens with zero attached hydrogens (tertiary/aromatic N) is 2. The molecule has 1 aromatic carbocycles. The molecule has 128 valence electrons. The van der Waals surface area contributed by atoms with E-state index in [-0.39, 0.29) is 5.41 Å². The molecule has 1 N–H and O–H groups in total. The normalized spacial score (nSPS) is 23.0. The molecular weight excluding hydrogens is 284 g/mol. The molecule has 2 saturated heterocycles. The second-order valence-corrected chi connectivity index (χ2v) is 7.56. The zero-order chi connectivity index (χ0) is 16.0. The van der Waals surface area contributed by atoms with E-state index < -0.39 is 0 Å². The van der Waals surface area contributed by atoms with Crippen LogP contribution in [0.5, 0.6) is 0 Å². The Hall–Kier alpha value is -0.900. The molecule has 2 fully saturated rings. The smallest absolute Gasteiger partial charge is 0.0491 e. The molecule has 2 aliphatic rings. The summed E-state index contributed by atoms with van der Waals surface area (Å²) in [7, 11) is 0. The Balaban J connectivity index is 1.46. The van der Waals surface area contributed by atoms with Crippen LogP contribution in [0.15, 0.2) is 30.3 Å². The first kappa shape index (κ1) is 16.9. The maximum Gasteiger partial charge on any atom is 0.0491 e. The van der Waals surface area contributed by atoms with Crippen molar-refractivity contribution in [1.82, 2.24) is 9.80 Å². The van der Waals surface area contributed by atoms with Crippen LogP contribution < -0.4 is 0 Å². The Labute approximate surface area is 141 Å². The molecule has 0 bridgehead atoms. The summed E-state index contributed by atoms with van der Waals surface area (Å²) >= 11 is 0. The van der Waals surface area contributed by atoms with Crippen molar-refractivity contribution in [3.8, 4) is 0 Å². The highest BCUT2D eigenvalue weighted by Crippen LogP contribution is 2.34. The van der Waals surface area contributed by atoms with Crippen LogP contribution in [0.4, 0.5) is 0 Å². The molecule has 2 heterocycles. The molecular formula is C20H32N2O. The van der Waals surface area contributed by atoms with Crippen LogP contribution in [0.25, 0.3) is 0 Å². The molecule has 1 aromatic rings. The first-order valence-corrected chi connectivity index (χ1v) is 9.39. The van der Waals surface area contributed by atoms with Crippen LogP contribution in [-0.2, 0) is 6.42 Å². The van der Waals surface area contributed by atoms with E-state index in [1.54, 1.807) is 0 Å². The van der Waals surface area contributed by atoms with Crippen molar-refractivity contribution in [3.05, 3.63) is 35.9 Å². The lowest BCUT2D eigenvalue weighted by Gasteiger charge is -2.41. The Morgan fingerprint density at radius 2 is 1.43 bits per heavy atom. The molecule has 0 spiro atoms. The van der Waals surface area contributed by atoms with Gasteiger partial charge < -0.3 is 14.9 Å². The van der Waals surface area contributed by atoms with E-state index in [0.29, 0.717) is 6.61 Å². The van der Waals surface area contributed by atoms with Crippen molar-refractivity contribution in [2.24, 2.45) is 5.41 Å². The Morgan fingerprint density at radius 1 is 0.826 bits per heavy atom. The van der Waals surface area contributed by atoms with E-state index in [0.717, 1.165) is 32.4 Å². The highest BCUT2D eigenvalue weighted by molar-refractivity contribution is 5.17. The van der Waals surface area contributed by atoms with Gasteiger partial charge in [-0.2, -0.15) is 0 Å². The van der Waals surface area contributed by atoms with Crippen LogP contribution in [0.2, 0.25) is 0 Å². The molecule has 0 aromatic heterocycles. The predicted molar refractivity (Wildman–Crippen MR) is 95.6 cm³/mol. The van der Waals surface area contributed by atoms with Gasteiger partial charge in [0.25, 0.3) is 0 Å². The molecule has 0 unspecified atom stereocenters. The second kappa shape index (κ2) is 8.27. The van der Waals surface area contributed by atoms with Gasteiger partial charge in [0.05, 0.1) is 0 Å². The average molecular weight is 316 g/mol. The van der Waals surface area contributed by atoms with Crippen molar-refractivity contribution < 1.29 is 5.11 Å². The minimum absolute atomic E-state index is 0.100. The van der Waals surface area contributed by atoms with Crippen molar-refractivity contribution >= 4 is 0 Å². The van der Waals surface area contributed by atoms with E-state index in [9.17, 15) is 5.11 Å². The molecule has 0 amide bonds. The van der Waals surface area contributed by atoms with E-state index >= 15 is 0 Å². The summed E-state index contributed by atoms with van der Waals surface area (Å²) in [6.45, 7) is 7.62. The Bertz CT molecular complexity index is 448.